The molecular weight excluding hydrogens is 314 g/mol. The average molecular weight is 334 g/mol. The molecule has 0 fully saturated rings. The van der Waals surface area contributed by atoms with Gasteiger partial charge in [0, 0.05) is 6.04 Å². The molecule has 2 aromatic rings. The summed E-state index contributed by atoms with van der Waals surface area (Å²) in [5, 5.41) is 3.40. The molecule has 0 aromatic heterocycles. The predicted molar refractivity (Wildman–Crippen MR) is 87.4 cm³/mol. The van der Waals surface area contributed by atoms with Crippen LogP contribution in [0.1, 0.15) is 11.1 Å². The molecule has 0 amide bonds. The molecule has 106 valence electrons. The van der Waals surface area contributed by atoms with Gasteiger partial charge in [-0.1, -0.05) is 36.4 Å². The zero-order valence-corrected chi connectivity index (χ0v) is 13.5. The molecule has 1 atom stereocenters. The third kappa shape index (κ3) is 4.09. The van der Waals surface area contributed by atoms with Crippen molar-refractivity contribution in [2.75, 3.05) is 14.2 Å². The average Bonchev–Trinajstić information content (AvgIpc) is 2.48. The number of nitrogens with one attached hydrogen (secondary N) is 1. The number of benzene rings is 2. The molecule has 3 heteroatoms. The summed E-state index contributed by atoms with van der Waals surface area (Å²) < 4.78 is 6.27. The van der Waals surface area contributed by atoms with Gasteiger partial charge in [0.1, 0.15) is 5.75 Å². The van der Waals surface area contributed by atoms with Crippen LogP contribution in [-0.2, 0) is 12.8 Å². The van der Waals surface area contributed by atoms with Crippen LogP contribution in [0.25, 0.3) is 0 Å². The monoisotopic (exact) mass is 333 g/mol. The van der Waals surface area contributed by atoms with Gasteiger partial charge in [-0.2, -0.15) is 0 Å². The smallest absolute Gasteiger partial charge is 0.133 e. The molecule has 0 bridgehead atoms. The second-order valence-electron chi connectivity index (χ2n) is 4.85. The van der Waals surface area contributed by atoms with Gasteiger partial charge in [0.2, 0.25) is 0 Å². The first-order valence-corrected chi connectivity index (χ1v) is 7.56. The summed E-state index contributed by atoms with van der Waals surface area (Å²) in [6.07, 6.45) is 2.02. The van der Waals surface area contributed by atoms with E-state index in [0.717, 1.165) is 23.1 Å². The maximum atomic E-state index is 5.26. The molecule has 0 aliphatic rings. The highest BCUT2D eigenvalue weighted by molar-refractivity contribution is 9.10. The highest BCUT2D eigenvalue weighted by atomic mass is 79.9. The lowest BCUT2D eigenvalue weighted by Gasteiger charge is -2.17. The Morgan fingerprint density at radius 3 is 2.35 bits per heavy atom. The van der Waals surface area contributed by atoms with Crippen LogP contribution in [0, 0.1) is 0 Å². The summed E-state index contributed by atoms with van der Waals surface area (Å²) in [6.45, 7) is 0. The van der Waals surface area contributed by atoms with E-state index in [1.54, 1.807) is 7.11 Å². The largest absolute Gasteiger partial charge is 0.496 e. The highest BCUT2D eigenvalue weighted by Gasteiger charge is 2.10. The first-order valence-electron chi connectivity index (χ1n) is 6.76. The Hall–Kier alpha value is -1.32. The van der Waals surface area contributed by atoms with E-state index in [2.05, 4.69) is 63.7 Å². The maximum Gasteiger partial charge on any atom is 0.133 e. The van der Waals surface area contributed by atoms with E-state index in [1.807, 2.05) is 13.1 Å². The fourth-order valence-corrected chi connectivity index (χ4v) is 2.88. The Balaban J connectivity index is 2.04. The van der Waals surface area contributed by atoms with Crippen molar-refractivity contribution in [1.82, 2.24) is 5.32 Å². The molecule has 0 aliphatic heterocycles. The van der Waals surface area contributed by atoms with Crippen molar-refractivity contribution in [3.63, 3.8) is 0 Å². The molecule has 2 nitrogen and oxygen atoms in total. The summed E-state index contributed by atoms with van der Waals surface area (Å²) in [5.74, 6) is 0.873. The van der Waals surface area contributed by atoms with Crippen molar-refractivity contribution >= 4 is 15.9 Å². The normalized spacial score (nSPS) is 12.2. The molecule has 0 aliphatic carbocycles. The van der Waals surface area contributed by atoms with Crippen LogP contribution in [0.15, 0.2) is 53.0 Å². The van der Waals surface area contributed by atoms with Gasteiger partial charge in [-0.05, 0) is 59.1 Å². The van der Waals surface area contributed by atoms with Gasteiger partial charge >= 0.3 is 0 Å². The van der Waals surface area contributed by atoms with Crippen LogP contribution in [0.5, 0.6) is 5.75 Å². The van der Waals surface area contributed by atoms with Gasteiger partial charge in [0.25, 0.3) is 0 Å². The lowest BCUT2D eigenvalue weighted by atomic mass is 9.99. The molecule has 0 saturated heterocycles. The standard InChI is InChI=1S/C17H20BrNO/c1-19-15(10-13-6-4-3-5-7-13)11-14-8-9-17(20-2)16(18)12-14/h3-9,12,15,19H,10-11H2,1-2H3. The SMILES string of the molecule is CNC(Cc1ccccc1)Cc1ccc(OC)c(Br)c1. The van der Waals surface area contributed by atoms with Gasteiger partial charge < -0.3 is 10.1 Å². The first-order chi connectivity index (χ1) is 9.72. The Bertz CT molecular complexity index is 542. The lowest BCUT2D eigenvalue weighted by Crippen LogP contribution is -2.29. The van der Waals surface area contributed by atoms with Gasteiger partial charge in [0.15, 0.2) is 0 Å². The van der Waals surface area contributed by atoms with E-state index in [0.29, 0.717) is 6.04 Å². The second kappa shape index (κ2) is 7.46. The predicted octanol–water partition coefficient (Wildman–Crippen LogP) is 3.83. The molecule has 1 N–H and O–H groups in total. The van der Waals surface area contributed by atoms with E-state index in [1.165, 1.54) is 11.1 Å². The minimum Gasteiger partial charge on any atom is -0.496 e. The minimum absolute atomic E-state index is 0.428. The van der Waals surface area contributed by atoms with Gasteiger partial charge in [-0.25, -0.2) is 0 Å². The van der Waals surface area contributed by atoms with Crippen molar-refractivity contribution in [3.8, 4) is 5.75 Å². The van der Waals surface area contributed by atoms with Crippen LogP contribution in [-0.4, -0.2) is 20.2 Å². The minimum atomic E-state index is 0.428. The fourth-order valence-electron chi connectivity index (χ4n) is 2.30. The quantitative estimate of drug-likeness (QED) is 0.867. The second-order valence-corrected chi connectivity index (χ2v) is 5.70. The molecule has 0 radical (unpaired) electrons. The Kier molecular flexibility index (Phi) is 5.62. The van der Waals surface area contributed by atoms with E-state index in [-0.39, 0.29) is 0 Å². The molecule has 0 heterocycles. The molecule has 0 spiro atoms. The fraction of sp³-hybridized carbons (Fsp3) is 0.294. The summed E-state index contributed by atoms with van der Waals surface area (Å²) in [5.41, 5.74) is 2.66. The van der Waals surface area contributed by atoms with Gasteiger partial charge in [0.05, 0.1) is 11.6 Å². The molecule has 20 heavy (non-hydrogen) atoms. The lowest BCUT2D eigenvalue weighted by molar-refractivity contribution is 0.412. The Morgan fingerprint density at radius 1 is 1.05 bits per heavy atom. The number of hydrogen-bond acceptors (Lipinski definition) is 2. The molecule has 0 saturated carbocycles. The Morgan fingerprint density at radius 2 is 1.75 bits per heavy atom. The zero-order chi connectivity index (χ0) is 14.4. The van der Waals surface area contributed by atoms with Crippen molar-refractivity contribution < 1.29 is 4.74 Å². The third-order valence-corrected chi connectivity index (χ3v) is 4.05. The molecule has 1 unspecified atom stereocenters. The number of rotatable bonds is 6. The summed E-state index contributed by atoms with van der Waals surface area (Å²) in [7, 11) is 3.71. The van der Waals surface area contributed by atoms with E-state index in [9.17, 15) is 0 Å². The van der Waals surface area contributed by atoms with Crippen molar-refractivity contribution in [2.24, 2.45) is 0 Å². The van der Waals surface area contributed by atoms with Crippen molar-refractivity contribution in [2.45, 2.75) is 18.9 Å². The summed E-state index contributed by atoms with van der Waals surface area (Å²) in [4.78, 5) is 0. The van der Waals surface area contributed by atoms with Crippen LogP contribution < -0.4 is 10.1 Å². The van der Waals surface area contributed by atoms with E-state index < -0.39 is 0 Å². The van der Waals surface area contributed by atoms with Crippen LogP contribution in [0.3, 0.4) is 0 Å². The topological polar surface area (TPSA) is 21.3 Å². The van der Waals surface area contributed by atoms with Gasteiger partial charge in [-0.3, -0.25) is 0 Å². The number of halogens is 1. The highest BCUT2D eigenvalue weighted by Crippen LogP contribution is 2.26. The Labute approximate surface area is 129 Å². The zero-order valence-electron chi connectivity index (χ0n) is 11.9. The number of hydrogen-bond donors (Lipinski definition) is 1. The third-order valence-electron chi connectivity index (χ3n) is 3.43. The van der Waals surface area contributed by atoms with Crippen LogP contribution >= 0.6 is 15.9 Å². The van der Waals surface area contributed by atoms with Crippen LogP contribution in [0.2, 0.25) is 0 Å². The molecule has 2 rings (SSSR count). The summed E-state index contributed by atoms with van der Waals surface area (Å²) >= 11 is 3.54. The van der Waals surface area contributed by atoms with Crippen LogP contribution in [0.4, 0.5) is 0 Å². The molecule has 2 aromatic carbocycles. The summed E-state index contributed by atoms with van der Waals surface area (Å²) in [6, 6.07) is 17.3. The van der Waals surface area contributed by atoms with E-state index in [4.69, 9.17) is 4.74 Å². The van der Waals surface area contributed by atoms with E-state index >= 15 is 0 Å². The first kappa shape index (κ1) is 15.1. The van der Waals surface area contributed by atoms with Crippen molar-refractivity contribution in [3.05, 3.63) is 64.1 Å². The number of methoxy groups -OCH3 is 1. The molecular formula is C17H20BrNO. The maximum absolute atomic E-state index is 5.26. The van der Waals surface area contributed by atoms with Gasteiger partial charge in [-0.15, -0.1) is 0 Å². The number of ether oxygens (including phenoxy) is 1. The van der Waals surface area contributed by atoms with Crippen molar-refractivity contribution in [1.29, 1.82) is 0 Å². The number of likely N-dealkylation sites (N-methyl/N-ethyl adjacent to an activating group) is 1.